The average Bonchev–Trinajstić information content (AvgIpc) is 3.43. The third kappa shape index (κ3) is 3.86. The number of nitrogens with zero attached hydrogens (tertiary/aromatic N) is 2. The fourth-order valence-corrected chi connectivity index (χ4v) is 11.2. The van der Waals surface area contributed by atoms with Crippen LogP contribution in [0.2, 0.25) is 0 Å². The first-order valence-electron chi connectivity index (χ1n) is 18.2. The van der Waals surface area contributed by atoms with Crippen LogP contribution in [0.25, 0.3) is 72.4 Å². The van der Waals surface area contributed by atoms with E-state index in [2.05, 4.69) is 203 Å². The minimum Gasteiger partial charge on any atom is -0.310 e. The van der Waals surface area contributed by atoms with Crippen LogP contribution >= 0.6 is 11.8 Å². The van der Waals surface area contributed by atoms with Gasteiger partial charge in [-0.25, -0.2) is 0 Å². The molecule has 2 aliphatic carbocycles. The molecular weight excluding hydrogens is 649 g/mol. The molecule has 244 valence electrons. The van der Waals surface area contributed by atoms with Gasteiger partial charge in [-0.15, -0.1) is 11.8 Å². The molecular formula is C49H32N2S. The van der Waals surface area contributed by atoms with Crippen LogP contribution in [0.1, 0.15) is 28.7 Å². The highest BCUT2D eigenvalue weighted by Gasteiger charge is 2.70. The van der Waals surface area contributed by atoms with E-state index in [1.54, 1.807) is 0 Å². The molecule has 0 bridgehead atoms. The lowest BCUT2D eigenvalue weighted by molar-refractivity contribution is 0.978. The van der Waals surface area contributed by atoms with Crippen molar-refractivity contribution < 1.29 is 0 Å². The Bertz CT molecular complexity index is 2880. The van der Waals surface area contributed by atoms with Crippen molar-refractivity contribution in [2.45, 2.75) is 21.5 Å². The molecule has 0 saturated heterocycles. The number of benzene rings is 7. The minimum atomic E-state index is 0.120. The predicted molar refractivity (Wildman–Crippen MR) is 218 cm³/mol. The van der Waals surface area contributed by atoms with E-state index < -0.39 is 0 Å². The molecule has 2 aromatic heterocycles. The largest absolute Gasteiger partial charge is 0.310 e. The molecule has 3 heterocycles. The van der Waals surface area contributed by atoms with Crippen molar-refractivity contribution in [3.8, 4) is 33.6 Å². The highest BCUT2D eigenvalue weighted by atomic mass is 32.2. The monoisotopic (exact) mass is 680 g/mol. The van der Waals surface area contributed by atoms with E-state index in [0.717, 1.165) is 0 Å². The van der Waals surface area contributed by atoms with Crippen molar-refractivity contribution in [1.29, 1.82) is 0 Å². The van der Waals surface area contributed by atoms with Crippen LogP contribution in [0.3, 0.4) is 0 Å². The molecule has 7 aromatic carbocycles. The van der Waals surface area contributed by atoms with Gasteiger partial charge in [-0.1, -0.05) is 127 Å². The van der Waals surface area contributed by atoms with Gasteiger partial charge in [-0.2, -0.15) is 0 Å². The van der Waals surface area contributed by atoms with E-state index in [9.17, 15) is 0 Å². The topological polar surface area (TPSA) is 9.86 Å². The van der Waals surface area contributed by atoms with Crippen molar-refractivity contribution >= 4 is 50.5 Å². The van der Waals surface area contributed by atoms with E-state index in [0.29, 0.717) is 11.8 Å². The molecule has 1 fully saturated rings. The Morgan fingerprint density at radius 1 is 0.442 bits per heavy atom. The average molecular weight is 681 g/mol. The molecule has 1 saturated carbocycles. The summed E-state index contributed by atoms with van der Waals surface area (Å²) in [6.45, 7) is 0. The zero-order chi connectivity index (χ0) is 34.0. The van der Waals surface area contributed by atoms with Gasteiger partial charge in [0.25, 0.3) is 0 Å². The number of hydrogen-bond acceptors (Lipinski definition) is 1. The molecule has 3 aliphatic rings. The molecule has 3 atom stereocenters. The Balaban J connectivity index is 0.890. The number of fused-ring (bicyclic) bond motifs is 10. The normalized spacial score (nSPS) is 19.5. The molecule has 0 amide bonds. The summed E-state index contributed by atoms with van der Waals surface area (Å²) < 4.78 is 4.98. The van der Waals surface area contributed by atoms with Gasteiger partial charge in [0.05, 0.1) is 27.0 Å². The minimum absolute atomic E-state index is 0.120. The second kappa shape index (κ2) is 10.5. The van der Waals surface area contributed by atoms with Crippen LogP contribution in [-0.4, -0.2) is 13.9 Å². The Hall–Kier alpha value is -6.03. The van der Waals surface area contributed by atoms with Gasteiger partial charge >= 0.3 is 0 Å². The first-order valence-corrected chi connectivity index (χ1v) is 19.0. The Labute approximate surface area is 306 Å². The van der Waals surface area contributed by atoms with Crippen molar-refractivity contribution in [1.82, 2.24) is 9.13 Å². The Morgan fingerprint density at radius 2 is 0.962 bits per heavy atom. The highest BCUT2D eigenvalue weighted by Crippen LogP contribution is 2.80. The second-order valence-electron chi connectivity index (χ2n) is 14.5. The van der Waals surface area contributed by atoms with Gasteiger partial charge in [-0.05, 0) is 88.0 Å². The van der Waals surface area contributed by atoms with E-state index >= 15 is 0 Å². The highest BCUT2D eigenvalue weighted by molar-refractivity contribution is 8.01. The van der Waals surface area contributed by atoms with Gasteiger partial charge in [0.2, 0.25) is 0 Å². The molecule has 0 radical (unpaired) electrons. The maximum Gasteiger partial charge on any atom is 0.0541 e. The lowest BCUT2D eigenvalue weighted by Gasteiger charge is -2.18. The van der Waals surface area contributed by atoms with Crippen LogP contribution < -0.4 is 0 Å². The van der Waals surface area contributed by atoms with Crippen LogP contribution in [0, 0.1) is 0 Å². The summed E-state index contributed by atoms with van der Waals surface area (Å²) in [6.07, 6.45) is 4.95. The first kappa shape index (κ1) is 28.6. The molecule has 9 aromatic rings. The molecule has 52 heavy (non-hydrogen) atoms. The van der Waals surface area contributed by atoms with Crippen molar-refractivity contribution in [3.63, 3.8) is 0 Å². The van der Waals surface area contributed by atoms with Crippen LogP contribution in [-0.2, 0) is 0 Å². The van der Waals surface area contributed by atoms with Gasteiger partial charge in [-0.3, -0.25) is 0 Å². The van der Waals surface area contributed by atoms with Crippen LogP contribution in [0.5, 0.6) is 0 Å². The van der Waals surface area contributed by atoms with Gasteiger partial charge in [0, 0.05) is 44.3 Å². The summed E-state index contributed by atoms with van der Waals surface area (Å²) in [5.74, 6) is 1.01. The lowest BCUT2D eigenvalue weighted by Crippen LogP contribution is -2.07. The fraction of sp³-hybridized carbons (Fsp3) is 0.0612. The van der Waals surface area contributed by atoms with Crippen LogP contribution in [0.15, 0.2) is 181 Å². The molecule has 1 spiro atoms. The first-order chi connectivity index (χ1) is 25.8. The Kier molecular flexibility index (Phi) is 5.79. The lowest BCUT2D eigenvalue weighted by atomic mass is 9.98. The molecule has 3 heteroatoms. The van der Waals surface area contributed by atoms with E-state index in [1.807, 2.05) is 0 Å². The third-order valence-electron chi connectivity index (χ3n) is 11.9. The van der Waals surface area contributed by atoms with Crippen molar-refractivity contribution in [2.75, 3.05) is 0 Å². The summed E-state index contributed by atoms with van der Waals surface area (Å²) in [7, 11) is 0. The molecule has 3 unspecified atom stereocenters. The molecule has 12 rings (SSSR count). The zero-order valence-corrected chi connectivity index (χ0v) is 29.1. The maximum atomic E-state index is 2.53. The predicted octanol–water partition coefficient (Wildman–Crippen LogP) is 12.8. The summed E-state index contributed by atoms with van der Waals surface area (Å²) >= 11 is 2.09. The van der Waals surface area contributed by atoms with E-state index in [-0.39, 0.29) is 4.75 Å². The smallest absolute Gasteiger partial charge is 0.0541 e. The fourth-order valence-electron chi connectivity index (χ4n) is 9.52. The zero-order valence-electron chi connectivity index (χ0n) is 28.3. The number of aromatic nitrogens is 2. The van der Waals surface area contributed by atoms with Crippen molar-refractivity contribution in [2.24, 2.45) is 0 Å². The van der Waals surface area contributed by atoms with Gasteiger partial charge in [0.15, 0.2) is 0 Å². The SMILES string of the molecule is C1=CC23Sc4cc(-c5ccccc5)ccc4C2C3c2c1n(-c1ccc(-c3ccc(-n4c5ccccc5c5ccccc54)cc3)cc1)c1ccccc21. The number of hydrogen-bond donors (Lipinski definition) is 0. The standard InChI is InChI=1S/C49H32N2S/c1-2-10-31(11-3-1)34-22-27-40-45(30-34)52-49-29-28-44-46(48(49)47(40)49)39-14-6-9-17-43(39)51(44)36-25-20-33(21-26-36)32-18-23-35(24-19-32)50-41-15-7-4-12-37(41)38-13-5-8-16-42(38)50/h1-30,47-48H. The van der Waals surface area contributed by atoms with Crippen LogP contribution in [0.4, 0.5) is 0 Å². The van der Waals surface area contributed by atoms with Gasteiger partial charge in [0.1, 0.15) is 0 Å². The summed E-state index contributed by atoms with van der Waals surface area (Å²) in [5.41, 5.74) is 15.5. The number of thioether (sulfide) groups is 1. The van der Waals surface area contributed by atoms with Crippen molar-refractivity contribution in [3.05, 3.63) is 193 Å². The number of rotatable bonds is 4. The van der Waals surface area contributed by atoms with E-state index in [1.165, 1.54) is 88.1 Å². The quantitative estimate of drug-likeness (QED) is 0.180. The Morgan fingerprint density at radius 3 is 1.62 bits per heavy atom. The summed E-state index contributed by atoms with van der Waals surface area (Å²) in [4.78, 5) is 1.44. The van der Waals surface area contributed by atoms with Gasteiger partial charge < -0.3 is 9.13 Å². The summed E-state index contributed by atoms with van der Waals surface area (Å²) in [6, 6.07) is 62.5. The number of para-hydroxylation sites is 3. The van der Waals surface area contributed by atoms with E-state index in [4.69, 9.17) is 0 Å². The molecule has 2 nitrogen and oxygen atoms in total. The second-order valence-corrected chi connectivity index (χ2v) is 15.8. The summed E-state index contributed by atoms with van der Waals surface area (Å²) in [5, 5.41) is 3.95. The molecule has 0 N–H and O–H groups in total. The molecule has 1 aliphatic heterocycles. The third-order valence-corrected chi connectivity index (χ3v) is 13.4. The maximum absolute atomic E-state index is 2.53.